The van der Waals surface area contributed by atoms with Gasteiger partial charge in [-0.15, -0.1) is 0 Å². The van der Waals surface area contributed by atoms with Crippen molar-refractivity contribution in [3.8, 4) is 27.9 Å². The molecule has 1 nitrogen and oxygen atoms in total. The van der Waals surface area contributed by atoms with Crippen molar-refractivity contribution in [1.29, 1.82) is 0 Å². The molecule has 0 spiro atoms. The summed E-state index contributed by atoms with van der Waals surface area (Å²) in [4.78, 5) is 0. The van der Waals surface area contributed by atoms with E-state index in [1.165, 1.54) is 61.2 Å². The summed E-state index contributed by atoms with van der Waals surface area (Å²) in [5.74, 6) is 0. The van der Waals surface area contributed by atoms with E-state index >= 15 is 0 Å². The number of rotatable bonds is 4. The molecule has 1 aliphatic carbocycles. The number of hydrogen-bond acceptors (Lipinski definition) is 0. The van der Waals surface area contributed by atoms with E-state index < -0.39 is 0 Å². The lowest BCUT2D eigenvalue weighted by Crippen LogP contribution is -2.07. The van der Waals surface area contributed by atoms with Gasteiger partial charge in [0.1, 0.15) is 0 Å². The van der Waals surface area contributed by atoms with E-state index in [2.05, 4.69) is 144 Å². The van der Waals surface area contributed by atoms with Crippen molar-refractivity contribution in [2.24, 2.45) is 0 Å². The van der Waals surface area contributed by atoms with Gasteiger partial charge < -0.3 is 4.57 Å². The first kappa shape index (κ1) is 21.6. The Morgan fingerprint density at radius 1 is 0.514 bits per heavy atom. The molecule has 6 aromatic rings. The van der Waals surface area contributed by atoms with Crippen LogP contribution in [0.5, 0.6) is 0 Å². The summed E-state index contributed by atoms with van der Waals surface area (Å²) in [6.07, 6.45) is 4.48. The highest BCUT2D eigenvalue weighted by atomic mass is 15.0. The van der Waals surface area contributed by atoms with Crippen LogP contribution in [0.15, 0.2) is 140 Å². The molecule has 0 aliphatic heterocycles. The van der Waals surface area contributed by atoms with Gasteiger partial charge in [0.05, 0.1) is 11.2 Å². The molecule has 7 rings (SSSR count). The second-order valence-electron chi connectivity index (χ2n) is 9.66. The molecule has 0 N–H and O–H groups in total. The number of aromatic nitrogens is 1. The molecule has 0 bridgehead atoms. The molecule has 1 heteroatoms. The van der Waals surface area contributed by atoms with E-state index in [-0.39, 0.29) is 0 Å². The van der Waals surface area contributed by atoms with E-state index in [4.69, 9.17) is 0 Å². The van der Waals surface area contributed by atoms with Crippen LogP contribution in [0.1, 0.15) is 23.2 Å². The molecule has 0 atom stereocenters. The molecule has 0 radical (unpaired) electrons. The van der Waals surface area contributed by atoms with E-state index in [0.29, 0.717) is 0 Å². The fourth-order valence-corrected chi connectivity index (χ4v) is 5.83. The quantitative estimate of drug-likeness (QED) is 0.240. The van der Waals surface area contributed by atoms with Crippen molar-refractivity contribution in [3.63, 3.8) is 0 Å². The topological polar surface area (TPSA) is 4.93 Å². The van der Waals surface area contributed by atoms with Crippen molar-refractivity contribution in [2.75, 3.05) is 0 Å². The smallest absolute Gasteiger partial charge is 0.0538 e. The van der Waals surface area contributed by atoms with E-state index in [9.17, 15) is 0 Å². The second-order valence-corrected chi connectivity index (χ2v) is 9.66. The summed E-state index contributed by atoms with van der Waals surface area (Å²) in [5, 5.41) is 1.32. The predicted molar refractivity (Wildman–Crippen MR) is 156 cm³/mol. The number of allylic oxidation sites excluding steroid dienone is 1. The van der Waals surface area contributed by atoms with Gasteiger partial charge in [-0.1, -0.05) is 121 Å². The van der Waals surface area contributed by atoms with Gasteiger partial charge in [-0.2, -0.15) is 0 Å². The van der Waals surface area contributed by atoms with Crippen LogP contribution in [0.3, 0.4) is 0 Å². The highest BCUT2D eigenvalue weighted by Gasteiger charge is 2.25. The van der Waals surface area contributed by atoms with Crippen LogP contribution < -0.4 is 0 Å². The monoisotopic (exact) mass is 473 g/mol. The lowest BCUT2D eigenvalue weighted by atomic mass is 9.89. The van der Waals surface area contributed by atoms with Crippen LogP contribution >= 0.6 is 0 Å². The first-order chi connectivity index (χ1) is 18.4. The molecule has 0 fully saturated rings. The fraction of sp³-hybridized carbons (Fsp3) is 0.0556. The van der Waals surface area contributed by atoms with Crippen LogP contribution in [0.25, 0.3) is 44.4 Å². The highest BCUT2D eigenvalue weighted by molar-refractivity contribution is 6.01. The maximum Gasteiger partial charge on any atom is 0.0538 e. The third kappa shape index (κ3) is 3.72. The van der Waals surface area contributed by atoms with Gasteiger partial charge >= 0.3 is 0 Å². The summed E-state index contributed by atoms with van der Waals surface area (Å²) < 4.78 is 2.53. The molecule has 1 heterocycles. The van der Waals surface area contributed by atoms with Gasteiger partial charge in [0.2, 0.25) is 0 Å². The number of para-hydroxylation sites is 1. The Bertz CT molecular complexity index is 1740. The molecular formula is C36H27N. The number of benzene rings is 5. The Balaban J connectivity index is 1.52. The minimum atomic E-state index is 1.02. The van der Waals surface area contributed by atoms with E-state index in [0.717, 1.165) is 12.8 Å². The van der Waals surface area contributed by atoms with Crippen molar-refractivity contribution in [2.45, 2.75) is 12.8 Å². The normalized spacial score (nSPS) is 12.8. The third-order valence-corrected chi connectivity index (χ3v) is 7.49. The fourth-order valence-electron chi connectivity index (χ4n) is 5.83. The number of fused-ring (bicyclic) bond motifs is 3. The van der Waals surface area contributed by atoms with Gasteiger partial charge in [-0.05, 0) is 58.9 Å². The summed E-state index contributed by atoms with van der Waals surface area (Å²) in [6, 6.07) is 48.2. The number of hydrogen-bond donors (Lipinski definition) is 0. The summed E-state index contributed by atoms with van der Waals surface area (Å²) in [6.45, 7) is 0. The molecule has 0 unspecified atom stereocenters. The lowest BCUT2D eigenvalue weighted by molar-refractivity contribution is 0.885. The third-order valence-electron chi connectivity index (χ3n) is 7.49. The van der Waals surface area contributed by atoms with E-state index in [1.54, 1.807) is 0 Å². The van der Waals surface area contributed by atoms with Gasteiger partial charge in [0, 0.05) is 22.2 Å². The molecule has 5 aromatic carbocycles. The molecule has 0 saturated heterocycles. The van der Waals surface area contributed by atoms with Gasteiger partial charge in [0.25, 0.3) is 0 Å². The van der Waals surface area contributed by atoms with Crippen LogP contribution in [-0.2, 0) is 6.42 Å². The van der Waals surface area contributed by atoms with Crippen molar-refractivity contribution >= 4 is 16.5 Å². The Labute approximate surface area is 218 Å². The zero-order valence-corrected chi connectivity index (χ0v) is 20.6. The SMILES string of the molecule is C1=C(c2ccccc2)c2c(n(-c3ccc(-c4ccccc4)cc3-c3ccccc3)c3ccccc23)CC1. The maximum absolute atomic E-state index is 2.53. The average Bonchev–Trinajstić information content (AvgIpc) is 3.33. The molecule has 1 aromatic heterocycles. The molecular weight excluding hydrogens is 446 g/mol. The van der Waals surface area contributed by atoms with Gasteiger partial charge in [0.15, 0.2) is 0 Å². The zero-order valence-electron chi connectivity index (χ0n) is 20.6. The molecule has 1 aliphatic rings. The van der Waals surface area contributed by atoms with Crippen LogP contribution in [0.2, 0.25) is 0 Å². The Morgan fingerprint density at radius 2 is 1.14 bits per heavy atom. The summed E-state index contributed by atoms with van der Waals surface area (Å²) in [7, 11) is 0. The summed E-state index contributed by atoms with van der Waals surface area (Å²) in [5.41, 5.74) is 12.9. The Hall–Kier alpha value is -4.62. The largest absolute Gasteiger partial charge is 0.312 e. The first-order valence-corrected chi connectivity index (χ1v) is 13.0. The van der Waals surface area contributed by atoms with Crippen LogP contribution in [-0.4, -0.2) is 4.57 Å². The molecule has 37 heavy (non-hydrogen) atoms. The Morgan fingerprint density at radius 3 is 1.86 bits per heavy atom. The molecule has 0 amide bonds. The Kier molecular flexibility index (Phi) is 5.33. The average molecular weight is 474 g/mol. The number of nitrogens with zero attached hydrogens (tertiary/aromatic N) is 1. The standard InChI is InChI=1S/C36H27N/c1-4-13-26(14-5-1)29-23-24-34(32(25-29)28-17-8-3-9-18-28)37-33-21-11-10-19-31(33)36-30(20-12-22-35(36)37)27-15-6-2-7-16-27/h1-11,13-21,23-25H,12,22H2. The minimum Gasteiger partial charge on any atom is -0.312 e. The van der Waals surface area contributed by atoms with Gasteiger partial charge in [-0.25, -0.2) is 0 Å². The predicted octanol–water partition coefficient (Wildman–Crippen LogP) is 9.34. The second kappa shape index (κ2) is 9.11. The van der Waals surface area contributed by atoms with Crippen LogP contribution in [0.4, 0.5) is 0 Å². The van der Waals surface area contributed by atoms with Crippen molar-refractivity contribution in [3.05, 3.63) is 156 Å². The van der Waals surface area contributed by atoms with Gasteiger partial charge in [-0.3, -0.25) is 0 Å². The van der Waals surface area contributed by atoms with Crippen molar-refractivity contribution in [1.82, 2.24) is 4.57 Å². The lowest BCUT2D eigenvalue weighted by Gasteiger charge is -2.20. The minimum absolute atomic E-state index is 1.02. The zero-order chi connectivity index (χ0) is 24.6. The highest BCUT2D eigenvalue weighted by Crippen LogP contribution is 2.42. The molecule has 0 saturated carbocycles. The molecule has 176 valence electrons. The maximum atomic E-state index is 2.53. The van der Waals surface area contributed by atoms with Crippen LogP contribution in [0, 0.1) is 0 Å². The first-order valence-electron chi connectivity index (χ1n) is 13.0. The van der Waals surface area contributed by atoms with E-state index in [1.807, 2.05) is 0 Å². The summed E-state index contributed by atoms with van der Waals surface area (Å²) >= 11 is 0. The van der Waals surface area contributed by atoms with Crippen molar-refractivity contribution < 1.29 is 0 Å².